The number of carboxylic acids is 6. The van der Waals surface area contributed by atoms with Gasteiger partial charge in [0.2, 0.25) is 0 Å². The van der Waals surface area contributed by atoms with Crippen LogP contribution in [0, 0.1) is 0 Å². The van der Waals surface area contributed by atoms with Gasteiger partial charge in [0.05, 0.1) is 32.7 Å². The van der Waals surface area contributed by atoms with Crippen molar-refractivity contribution in [3.8, 4) is 0 Å². The molecule has 0 radical (unpaired) electrons. The lowest BCUT2D eigenvalue weighted by Crippen LogP contribution is -2.54. The molecule has 0 unspecified atom stereocenters. The van der Waals surface area contributed by atoms with E-state index in [-0.39, 0.29) is 38.3 Å². The third-order valence-electron chi connectivity index (χ3n) is 6.22. The molecule has 0 saturated heterocycles. The first-order valence-corrected chi connectivity index (χ1v) is 12.7. The summed E-state index contributed by atoms with van der Waals surface area (Å²) >= 11 is 0. The van der Waals surface area contributed by atoms with E-state index in [1.54, 1.807) is 12.1 Å². The molecule has 0 spiro atoms. The van der Waals surface area contributed by atoms with Gasteiger partial charge in [-0.25, -0.2) is 4.79 Å². The predicted octanol–water partition coefficient (Wildman–Crippen LogP) is -1.68. The number of hydrogen-bond acceptors (Lipinski definition) is 11. The van der Waals surface area contributed by atoms with Gasteiger partial charge in [-0.2, -0.15) is 0 Å². The molecule has 1 aromatic rings. The van der Waals surface area contributed by atoms with Crippen LogP contribution in [0.3, 0.4) is 0 Å². The molecule has 0 aliphatic heterocycles. The van der Waals surface area contributed by atoms with Gasteiger partial charge in [0.25, 0.3) is 0 Å². The SMILES string of the molecule is C[C@](C(=O)O)(c1ccc(NCCNCC(=O)O)cc1)N(CCN(CCN(CC(=O)O)CC(=O)O)CC(=O)O)CC(=O)O. The maximum absolute atomic E-state index is 12.5. The predicted molar refractivity (Wildman–Crippen MR) is 145 cm³/mol. The molecule has 0 heterocycles. The number of hydrogen-bond donors (Lipinski definition) is 8. The lowest BCUT2D eigenvalue weighted by atomic mass is 9.89. The molecule has 0 aliphatic carbocycles. The second-order valence-electron chi connectivity index (χ2n) is 9.44. The third kappa shape index (κ3) is 12.9. The maximum Gasteiger partial charge on any atom is 0.328 e. The zero-order valence-electron chi connectivity index (χ0n) is 23.1. The van der Waals surface area contributed by atoms with Gasteiger partial charge in [-0.1, -0.05) is 12.1 Å². The van der Waals surface area contributed by atoms with Crippen molar-refractivity contribution in [3.05, 3.63) is 29.8 Å². The molecule has 0 fully saturated rings. The highest BCUT2D eigenvalue weighted by molar-refractivity contribution is 5.81. The second-order valence-corrected chi connectivity index (χ2v) is 9.44. The van der Waals surface area contributed by atoms with Crippen LogP contribution >= 0.6 is 0 Å². The Labute approximate surface area is 240 Å². The zero-order valence-corrected chi connectivity index (χ0v) is 23.1. The number of aliphatic carboxylic acids is 6. The summed E-state index contributed by atoms with van der Waals surface area (Å²) in [5.74, 6) is -7.48. The minimum Gasteiger partial charge on any atom is -0.480 e. The normalized spacial score (nSPS) is 12.7. The average Bonchev–Trinajstić information content (AvgIpc) is 2.87. The number of carboxylic acid groups (broad SMARTS) is 6. The molecule has 0 aromatic heterocycles. The summed E-state index contributed by atoms with van der Waals surface area (Å²) < 4.78 is 0. The number of benzene rings is 1. The molecule has 1 rings (SSSR count). The highest BCUT2D eigenvalue weighted by Gasteiger charge is 2.42. The Kier molecular flexibility index (Phi) is 14.9. The highest BCUT2D eigenvalue weighted by atomic mass is 16.4. The van der Waals surface area contributed by atoms with Crippen LogP contribution < -0.4 is 10.6 Å². The molecule has 17 heteroatoms. The van der Waals surface area contributed by atoms with Gasteiger partial charge in [-0.3, -0.25) is 38.7 Å². The fraction of sp³-hybridized carbons (Fsp3) is 0.520. The van der Waals surface area contributed by atoms with E-state index in [9.17, 15) is 44.1 Å². The summed E-state index contributed by atoms with van der Waals surface area (Å²) in [6.07, 6.45) is 0. The Morgan fingerprint density at radius 2 is 1.12 bits per heavy atom. The maximum atomic E-state index is 12.5. The Bertz CT molecular complexity index is 1080. The molecule has 1 atom stereocenters. The van der Waals surface area contributed by atoms with Crippen LogP contribution in [0.1, 0.15) is 12.5 Å². The molecule has 0 saturated carbocycles. The summed E-state index contributed by atoms with van der Waals surface area (Å²) in [4.78, 5) is 72.0. The van der Waals surface area contributed by atoms with E-state index in [1.165, 1.54) is 24.0 Å². The van der Waals surface area contributed by atoms with Crippen molar-refractivity contribution in [1.82, 2.24) is 20.0 Å². The van der Waals surface area contributed by atoms with Crippen molar-refractivity contribution in [2.75, 3.05) is 77.3 Å². The largest absolute Gasteiger partial charge is 0.480 e. The molecule has 234 valence electrons. The van der Waals surface area contributed by atoms with Gasteiger partial charge >= 0.3 is 35.8 Å². The van der Waals surface area contributed by atoms with Crippen LogP contribution in [0.5, 0.6) is 0 Å². The number of carbonyl (C=O) groups is 6. The fourth-order valence-corrected chi connectivity index (χ4v) is 4.07. The first-order valence-electron chi connectivity index (χ1n) is 12.7. The first-order chi connectivity index (χ1) is 19.6. The van der Waals surface area contributed by atoms with Gasteiger partial charge in [0, 0.05) is 45.0 Å². The summed E-state index contributed by atoms with van der Waals surface area (Å²) in [7, 11) is 0. The molecule has 1 aromatic carbocycles. The molecular weight excluding hydrogens is 562 g/mol. The first kappa shape index (κ1) is 35.7. The summed E-state index contributed by atoms with van der Waals surface area (Å²) in [5.41, 5.74) is -1.01. The second kappa shape index (κ2) is 17.5. The number of rotatable bonds is 23. The molecule has 0 bridgehead atoms. The van der Waals surface area contributed by atoms with Crippen LogP contribution in [-0.2, 0) is 34.3 Å². The fourth-order valence-electron chi connectivity index (χ4n) is 4.07. The van der Waals surface area contributed by atoms with Crippen molar-refractivity contribution >= 4 is 41.5 Å². The molecular formula is C25H37N5O12. The molecule has 8 N–H and O–H groups in total. The quantitative estimate of drug-likeness (QED) is 0.0653. The Morgan fingerprint density at radius 1 is 0.643 bits per heavy atom. The third-order valence-corrected chi connectivity index (χ3v) is 6.22. The Balaban J connectivity index is 3.10. The van der Waals surface area contributed by atoms with Crippen molar-refractivity contribution in [2.45, 2.75) is 12.5 Å². The monoisotopic (exact) mass is 599 g/mol. The smallest absolute Gasteiger partial charge is 0.328 e. The van der Waals surface area contributed by atoms with Crippen molar-refractivity contribution in [2.24, 2.45) is 0 Å². The van der Waals surface area contributed by atoms with Crippen LogP contribution in [0.25, 0.3) is 0 Å². The lowest BCUT2D eigenvalue weighted by molar-refractivity contribution is -0.155. The summed E-state index contributed by atoms with van der Waals surface area (Å²) in [5, 5.41) is 61.5. The minimum absolute atomic E-state index is 0.0841. The number of nitrogens with zero attached hydrogens (tertiary/aromatic N) is 3. The van der Waals surface area contributed by atoms with Gasteiger partial charge in [-0.05, 0) is 24.6 Å². The van der Waals surface area contributed by atoms with Crippen LogP contribution in [0.4, 0.5) is 5.69 Å². The average molecular weight is 600 g/mol. The molecule has 0 amide bonds. The van der Waals surface area contributed by atoms with Crippen LogP contribution in [-0.4, -0.2) is 153 Å². The van der Waals surface area contributed by atoms with Crippen LogP contribution in [0.2, 0.25) is 0 Å². The van der Waals surface area contributed by atoms with Gasteiger partial charge < -0.3 is 41.3 Å². The minimum atomic E-state index is -1.85. The van der Waals surface area contributed by atoms with E-state index in [4.69, 9.17) is 15.3 Å². The van der Waals surface area contributed by atoms with E-state index >= 15 is 0 Å². The standard InChI is InChI=1S/C25H37N5O12/c1-25(24(41)42,17-2-4-18(5-3-17)27-7-6-26-12-19(31)32)30(16-23(39)40)11-10-28(13-20(33)34)8-9-29(14-21(35)36)15-22(37)38/h2-5,26-27H,6-16H2,1H3,(H,31,32)(H,33,34)(H,35,36)(H,37,38)(H,39,40)(H,41,42)/t25-/m1/s1. The highest BCUT2D eigenvalue weighted by Crippen LogP contribution is 2.30. The van der Waals surface area contributed by atoms with E-state index < -0.39 is 67.5 Å². The lowest BCUT2D eigenvalue weighted by Gasteiger charge is -2.38. The van der Waals surface area contributed by atoms with E-state index in [0.29, 0.717) is 18.8 Å². The van der Waals surface area contributed by atoms with E-state index in [2.05, 4.69) is 10.6 Å². The summed E-state index contributed by atoms with van der Waals surface area (Å²) in [6, 6.07) is 6.17. The molecule has 42 heavy (non-hydrogen) atoms. The van der Waals surface area contributed by atoms with Crippen LogP contribution in [0.15, 0.2) is 24.3 Å². The topological polar surface area (TPSA) is 258 Å². The molecule has 17 nitrogen and oxygen atoms in total. The number of anilines is 1. The summed E-state index contributed by atoms with van der Waals surface area (Å²) in [6.45, 7) is -1.14. The van der Waals surface area contributed by atoms with Gasteiger partial charge in [0.1, 0.15) is 5.54 Å². The number of nitrogens with one attached hydrogen (secondary N) is 2. The van der Waals surface area contributed by atoms with Gasteiger partial charge in [0.15, 0.2) is 0 Å². The zero-order chi connectivity index (χ0) is 31.9. The van der Waals surface area contributed by atoms with E-state index in [1.807, 2.05) is 0 Å². The van der Waals surface area contributed by atoms with E-state index in [0.717, 1.165) is 9.80 Å². The molecule has 0 aliphatic rings. The van der Waals surface area contributed by atoms with Gasteiger partial charge in [-0.15, -0.1) is 0 Å². The Morgan fingerprint density at radius 3 is 1.60 bits per heavy atom. The van der Waals surface area contributed by atoms with Crippen molar-refractivity contribution in [3.63, 3.8) is 0 Å². The Hall–Kier alpha value is -4.32. The van der Waals surface area contributed by atoms with Crippen molar-refractivity contribution in [1.29, 1.82) is 0 Å². The van der Waals surface area contributed by atoms with Crippen molar-refractivity contribution < 1.29 is 59.4 Å².